The fourth-order valence-corrected chi connectivity index (χ4v) is 9.55. The highest BCUT2D eigenvalue weighted by Crippen LogP contribution is 2.43. The highest BCUT2D eigenvalue weighted by Gasteiger charge is 2.44. The van der Waals surface area contributed by atoms with Crippen LogP contribution in [0.3, 0.4) is 0 Å². The lowest BCUT2D eigenvalue weighted by Gasteiger charge is -2.35. The first-order valence-electron chi connectivity index (χ1n) is 19.8. The number of para-hydroxylation sites is 1. The van der Waals surface area contributed by atoms with Gasteiger partial charge >= 0.3 is 11.9 Å². The van der Waals surface area contributed by atoms with Gasteiger partial charge in [0.15, 0.2) is 0 Å². The van der Waals surface area contributed by atoms with Crippen LogP contribution in [0, 0.1) is 5.92 Å². The fraction of sp³-hybridized carbons (Fsp3) is 0.488. The zero-order valence-corrected chi connectivity index (χ0v) is 31.9. The fourth-order valence-electron chi connectivity index (χ4n) is 9.55. The van der Waals surface area contributed by atoms with Gasteiger partial charge in [-0.1, -0.05) is 24.3 Å². The van der Waals surface area contributed by atoms with Gasteiger partial charge in [0, 0.05) is 36.7 Å². The summed E-state index contributed by atoms with van der Waals surface area (Å²) >= 11 is 0. The smallest absolute Gasteiger partial charge is 0.368 e. The van der Waals surface area contributed by atoms with E-state index in [0.717, 1.165) is 93.3 Å². The Labute approximate surface area is 329 Å². The molecule has 17 heteroatoms. The molecule has 4 aromatic rings. The van der Waals surface area contributed by atoms with Crippen molar-refractivity contribution in [2.24, 2.45) is 18.7 Å². The zero-order chi connectivity index (χ0) is 41.0. The Morgan fingerprint density at radius 3 is 2.43 bits per heavy atom. The van der Waals surface area contributed by atoms with E-state index in [9.17, 15) is 41.1 Å². The topological polar surface area (TPSA) is 149 Å². The molecule has 2 aliphatic carbocycles. The second kappa shape index (κ2) is 15.5. The summed E-state index contributed by atoms with van der Waals surface area (Å²) in [5.41, 5.74) is 5.61. The molecule has 2 unspecified atom stereocenters. The van der Waals surface area contributed by atoms with Crippen molar-refractivity contribution < 1.29 is 36.3 Å². The average Bonchev–Trinajstić information content (AvgIpc) is 3.73. The Morgan fingerprint density at radius 1 is 1.02 bits per heavy atom. The molecule has 2 aliphatic heterocycles. The molecule has 2 atom stereocenters. The first kappa shape index (κ1) is 39.5. The lowest BCUT2D eigenvalue weighted by molar-refractivity contribution is -0.135. The number of imidazole rings is 1. The van der Waals surface area contributed by atoms with Gasteiger partial charge in [-0.2, -0.15) is 18.3 Å². The predicted octanol–water partition coefficient (Wildman–Crippen LogP) is 6.33. The standard InChI is InChI=1S/C41H45F5N8O4/c1-51-36-27(4-2-5-30(36)54(40(51)58)32-16-17-35(55)49-39(32)57)23-10-12-25(13-11-23)48-20-22-8-14-26(15-9-22)52-21-24-18-33(28(37(42)43)19-29(24)50-52)53-31(38(47)56)6-3-7-34(53)41(44,45)46/h2-7,18-19,21-23,25-26,31-32,37,48H,8-17,20H2,1H3,(H2,47,56)(H,49,55,57). The molecule has 308 valence electrons. The van der Waals surface area contributed by atoms with E-state index < -0.39 is 53.4 Å². The molecule has 2 aromatic carbocycles. The molecular weight excluding hydrogens is 763 g/mol. The second-order valence-corrected chi connectivity index (χ2v) is 16.1. The van der Waals surface area contributed by atoms with Crippen molar-refractivity contribution in [2.45, 2.75) is 107 Å². The molecule has 2 saturated carbocycles. The number of aromatic nitrogens is 4. The number of nitrogens with one attached hydrogen (secondary N) is 2. The van der Waals surface area contributed by atoms with E-state index in [1.165, 1.54) is 10.6 Å². The third-order valence-corrected chi connectivity index (χ3v) is 12.5. The number of allylic oxidation sites excluding steroid dienone is 3. The summed E-state index contributed by atoms with van der Waals surface area (Å²) in [4.78, 5) is 50.6. The van der Waals surface area contributed by atoms with Crippen LogP contribution in [0.15, 0.2) is 65.2 Å². The molecule has 58 heavy (non-hydrogen) atoms. The van der Waals surface area contributed by atoms with Gasteiger partial charge in [0.2, 0.25) is 17.7 Å². The maximum atomic E-state index is 14.4. The highest BCUT2D eigenvalue weighted by atomic mass is 19.4. The van der Waals surface area contributed by atoms with E-state index >= 15 is 0 Å². The number of imide groups is 1. The molecule has 8 rings (SSSR count). The third kappa shape index (κ3) is 7.32. The van der Waals surface area contributed by atoms with Crippen LogP contribution in [0.2, 0.25) is 0 Å². The molecule has 3 fully saturated rings. The summed E-state index contributed by atoms with van der Waals surface area (Å²) in [6.45, 7) is 0.851. The summed E-state index contributed by atoms with van der Waals surface area (Å²) in [5.74, 6) is -1.21. The summed E-state index contributed by atoms with van der Waals surface area (Å²) in [6, 6.07) is 6.19. The minimum Gasteiger partial charge on any atom is -0.368 e. The van der Waals surface area contributed by atoms with E-state index in [-0.39, 0.29) is 41.9 Å². The lowest BCUT2D eigenvalue weighted by atomic mass is 9.80. The van der Waals surface area contributed by atoms with Gasteiger partial charge in [0.05, 0.1) is 28.3 Å². The number of alkyl halides is 5. The Kier molecular flexibility index (Phi) is 10.5. The normalized spacial score (nSPS) is 25.8. The number of fused-ring (bicyclic) bond motifs is 2. The number of primary amides is 1. The van der Waals surface area contributed by atoms with Crippen molar-refractivity contribution in [3.63, 3.8) is 0 Å². The van der Waals surface area contributed by atoms with Crippen LogP contribution in [0.25, 0.3) is 21.9 Å². The molecule has 4 heterocycles. The Bertz CT molecular complexity index is 2380. The van der Waals surface area contributed by atoms with Crippen molar-refractivity contribution in [3.8, 4) is 0 Å². The van der Waals surface area contributed by atoms with Crippen molar-refractivity contribution >= 4 is 45.3 Å². The summed E-state index contributed by atoms with van der Waals surface area (Å²) in [6.07, 6.45) is 4.24. The van der Waals surface area contributed by atoms with Gasteiger partial charge in [-0.25, -0.2) is 13.6 Å². The van der Waals surface area contributed by atoms with E-state index in [1.54, 1.807) is 22.5 Å². The van der Waals surface area contributed by atoms with E-state index in [0.29, 0.717) is 27.8 Å². The molecule has 0 spiro atoms. The summed E-state index contributed by atoms with van der Waals surface area (Å²) < 4.78 is 75.9. The number of benzene rings is 2. The van der Waals surface area contributed by atoms with Gasteiger partial charge < -0.3 is 16.0 Å². The van der Waals surface area contributed by atoms with Crippen LogP contribution >= 0.6 is 0 Å². The molecule has 4 aliphatic rings. The van der Waals surface area contributed by atoms with Crippen LogP contribution in [0.4, 0.5) is 27.6 Å². The predicted molar refractivity (Wildman–Crippen MR) is 206 cm³/mol. The third-order valence-electron chi connectivity index (χ3n) is 12.5. The number of amides is 3. The summed E-state index contributed by atoms with van der Waals surface area (Å²) in [5, 5.41) is 11.1. The molecular formula is C41H45F5N8O4. The quantitative estimate of drug-likeness (QED) is 0.132. The van der Waals surface area contributed by atoms with Crippen LogP contribution in [0.5, 0.6) is 0 Å². The minimum absolute atomic E-state index is 0.0111. The minimum atomic E-state index is -4.93. The zero-order valence-electron chi connectivity index (χ0n) is 31.9. The van der Waals surface area contributed by atoms with Crippen LogP contribution in [-0.2, 0) is 21.4 Å². The average molecular weight is 809 g/mol. The SMILES string of the molecule is Cn1c(=O)n(C2CCC(=O)NC2=O)c2cccc(C3CCC(NCC4CCC(n5cc6cc(N7C(C(F)(F)F)=CC=CC7C(N)=O)c(C(F)F)cc6n5)CC4)CC3)c21. The number of nitrogens with two attached hydrogens (primary N) is 1. The Balaban J connectivity index is 0.891. The molecule has 2 aromatic heterocycles. The van der Waals surface area contributed by atoms with E-state index in [2.05, 4.69) is 21.8 Å². The number of hydrogen-bond donors (Lipinski definition) is 3. The van der Waals surface area contributed by atoms with Crippen LogP contribution in [0.1, 0.15) is 99.8 Å². The first-order chi connectivity index (χ1) is 27.7. The molecule has 0 bridgehead atoms. The van der Waals surface area contributed by atoms with Crippen LogP contribution in [-0.4, -0.2) is 61.4 Å². The van der Waals surface area contributed by atoms with Gasteiger partial charge in [-0.3, -0.25) is 33.5 Å². The molecule has 1 saturated heterocycles. The number of anilines is 1. The van der Waals surface area contributed by atoms with Crippen molar-refractivity contribution in [1.29, 1.82) is 0 Å². The molecule has 0 radical (unpaired) electrons. The number of nitrogens with zero attached hydrogens (tertiary/aromatic N) is 5. The number of piperidine rings is 1. The number of rotatable bonds is 9. The second-order valence-electron chi connectivity index (χ2n) is 16.1. The number of halogens is 5. The van der Waals surface area contributed by atoms with Gasteiger partial charge in [0.25, 0.3) is 6.43 Å². The maximum absolute atomic E-state index is 14.4. The number of carbonyl (C=O) groups is 3. The molecule has 3 amide bonds. The van der Waals surface area contributed by atoms with Crippen molar-refractivity contribution in [3.05, 3.63) is 82.1 Å². The van der Waals surface area contributed by atoms with Gasteiger partial charge in [-0.05, 0) is 106 Å². The lowest BCUT2D eigenvalue weighted by Crippen LogP contribution is -2.47. The maximum Gasteiger partial charge on any atom is 0.431 e. The first-order valence-corrected chi connectivity index (χ1v) is 19.8. The largest absolute Gasteiger partial charge is 0.431 e. The highest BCUT2D eigenvalue weighted by molar-refractivity contribution is 6.00. The monoisotopic (exact) mass is 808 g/mol. The van der Waals surface area contributed by atoms with Crippen molar-refractivity contribution in [1.82, 2.24) is 29.5 Å². The Hall–Kier alpha value is -5.32. The Morgan fingerprint density at radius 2 is 1.76 bits per heavy atom. The van der Waals surface area contributed by atoms with Gasteiger partial charge in [0.1, 0.15) is 17.8 Å². The number of hydrogen-bond acceptors (Lipinski definition) is 7. The van der Waals surface area contributed by atoms with Gasteiger partial charge in [-0.15, -0.1) is 0 Å². The van der Waals surface area contributed by atoms with E-state index in [1.807, 2.05) is 12.1 Å². The summed E-state index contributed by atoms with van der Waals surface area (Å²) in [7, 11) is 1.73. The van der Waals surface area contributed by atoms with E-state index in [4.69, 9.17) is 5.73 Å². The molecule has 12 nitrogen and oxygen atoms in total. The number of aryl methyl sites for hydroxylation is 1. The number of carbonyl (C=O) groups excluding carboxylic acids is 3. The molecule has 4 N–H and O–H groups in total. The van der Waals surface area contributed by atoms with Crippen LogP contribution < -0.4 is 27.0 Å². The van der Waals surface area contributed by atoms with Crippen molar-refractivity contribution in [2.75, 3.05) is 11.4 Å².